The molecule has 2 bridgehead atoms. The van der Waals surface area contributed by atoms with E-state index in [2.05, 4.69) is 66.5 Å². The fourth-order valence-corrected chi connectivity index (χ4v) is 5.34. The van der Waals surface area contributed by atoms with E-state index in [1.165, 1.54) is 30.2 Å². The van der Waals surface area contributed by atoms with Crippen molar-refractivity contribution in [3.63, 3.8) is 0 Å². The van der Waals surface area contributed by atoms with E-state index in [-0.39, 0.29) is 17.8 Å². The first kappa shape index (κ1) is 19.2. The first-order valence-electron chi connectivity index (χ1n) is 10.6. The number of hydrogen-bond donors (Lipinski definition) is 0. The topological polar surface area (TPSA) is 29.5 Å². The predicted octanol–water partition coefficient (Wildman–Crippen LogP) is 4.60. The summed E-state index contributed by atoms with van der Waals surface area (Å²) in [6, 6.07) is 20.6. The molecule has 0 radical (unpaired) electrons. The molecule has 2 aromatic rings. The van der Waals surface area contributed by atoms with E-state index in [0.29, 0.717) is 12.1 Å². The highest BCUT2D eigenvalue weighted by molar-refractivity contribution is 5.75. The molecule has 2 heterocycles. The maximum absolute atomic E-state index is 12.6. The zero-order valence-electron chi connectivity index (χ0n) is 17.0. The van der Waals surface area contributed by atoms with Gasteiger partial charge < -0.3 is 4.74 Å². The standard InChI is InChI=1S/C25H31NO2/c1-26-21-15-16-23(26)24(25(27)28-2)22(17-21)20-13-11-19(12-14-20)10-6-9-18-7-4-3-5-8-18/h3-5,7-8,11-14,21-24H,6,9-10,15-17H2,1-2H3/t21?,22-,23-,24?/m1/s1. The average Bonchev–Trinajstić information content (AvgIpc) is 2.97. The summed E-state index contributed by atoms with van der Waals surface area (Å²) >= 11 is 0. The molecule has 2 aliphatic rings. The Kier molecular flexibility index (Phi) is 5.82. The Bertz CT molecular complexity index is 786. The first-order valence-corrected chi connectivity index (χ1v) is 10.6. The van der Waals surface area contributed by atoms with Crippen molar-refractivity contribution in [1.29, 1.82) is 0 Å². The number of piperidine rings is 1. The van der Waals surface area contributed by atoms with Gasteiger partial charge in [-0.05, 0) is 62.3 Å². The van der Waals surface area contributed by atoms with E-state index in [1.54, 1.807) is 0 Å². The molecule has 0 saturated carbocycles. The van der Waals surface area contributed by atoms with Gasteiger partial charge in [0.2, 0.25) is 0 Å². The fraction of sp³-hybridized carbons (Fsp3) is 0.480. The highest BCUT2D eigenvalue weighted by Gasteiger charge is 2.49. The van der Waals surface area contributed by atoms with Gasteiger partial charge in [-0.2, -0.15) is 0 Å². The quantitative estimate of drug-likeness (QED) is 0.689. The van der Waals surface area contributed by atoms with Gasteiger partial charge in [0, 0.05) is 18.0 Å². The molecule has 2 aromatic carbocycles. The average molecular weight is 378 g/mol. The minimum Gasteiger partial charge on any atom is -0.469 e. The molecule has 0 N–H and O–H groups in total. The third kappa shape index (κ3) is 3.86. The van der Waals surface area contributed by atoms with Crippen molar-refractivity contribution in [2.45, 2.75) is 56.5 Å². The summed E-state index contributed by atoms with van der Waals surface area (Å²) in [5.41, 5.74) is 4.08. The monoisotopic (exact) mass is 377 g/mol. The Morgan fingerprint density at radius 1 is 1.00 bits per heavy atom. The summed E-state index contributed by atoms with van der Waals surface area (Å²) < 4.78 is 5.19. The largest absolute Gasteiger partial charge is 0.469 e. The van der Waals surface area contributed by atoms with E-state index in [4.69, 9.17) is 4.74 Å². The minimum atomic E-state index is -0.0471. The van der Waals surface area contributed by atoms with Crippen LogP contribution in [-0.2, 0) is 22.4 Å². The molecule has 2 unspecified atom stereocenters. The predicted molar refractivity (Wildman–Crippen MR) is 112 cm³/mol. The first-order chi connectivity index (χ1) is 13.7. The van der Waals surface area contributed by atoms with Gasteiger partial charge in [0.25, 0.3) is 0 Å². The molecular weight excluding hydrogens is 346 g/mol. The van der Waals surface area contributed by atoms with Crippen LogP contribution in [0.25, 0.3) is 0 Å². The number of carbonyl (C=O) groups is 1. The lowest BCUT2D eigenvalue weighted by molar-refractivity contribution is -0.150. The van der Waals surface area contributed by atoms with Crippen molar-refractivity contribution in [2.75, 3.05) is 14.2 Å². The number of ether oxygens (including phenoxy) is 1. The van der Waals surface area contributed by atoms with Crippen molar-refractivity contribution in [3.8, 4) is 0 Å². The van der Waals surface area contributed by atoms with Crippen molar-refractivity contribution in [2.24, 2.45) is 5.92 Å². The Labute approximate surface area is 168 Å². The van der Waals surface area contributed by atoms with Crippen LogP contribution in [0, 0.1) is 5.92 Å². The van der Waals surface area contributed by atoms with Gasteiger partial charge in [0.05, 0.1) is 13.0 Å². The van der Waals surface area contributed by atoms with Crippen LogP contribution in [0.4, 0.5) is 0 Å². The molecule has 4 atom stereocenters. The van der Waals surface area contributed by atoms with Gasteiger partial charge in [-0.15, -0.1) is 0 Å². The number of hydrogen-bond acceptors (Lipinski definition) is 3. The Morgan fingerprint density at radius 2 is 1.68 bits per heavy atom. The lowest BCUT2D eigenvalue weighted by Gasteiger charge is -2.41. The highest BCUT2D eigenvalue weighted by Crippen LogP contribution is 2.46. The summed E-state index contributed by atoms with van der Waals surface area (Å²) in [7, 11) is 3.70. The van der Waals surface area contributed by atoms with Crippen molar-refractivity contribution >= 4 is 5.97 Å². The van der Waals surface area contributed by atoms with Crippen LogP contribution in [0.1, 0.15) is 48.3 Å². The SMILES string of the molecule is COC(=O)C1[C@@H](c2ccc(CCCc3ccccc3)cc2)CC2CC[C@H]1N2C. The summed E-state index contributed by atoms with van der Waals surface area (Å²) in [5.74, 6) is 0.186. The maximum Gasteiger partial charge on any atom is 0.310 e. The van der Waals surface area contributed by atoms with Gasteiger partial charge in [-0.1, -0.05) is 54.6 Å². The van der Waals surface area contributed by atoms with Crippen molar-refractivity contribution in [3.05, 3.63) is 71.3 Å². The second-order valence-corrected chi connectivity index (χ2v) is 8.44. The smallest absolute Gasteiger partial charge is 0.310 e. The molecule has 0 amide bonds. The molecule has 3 heteroatoms. The molecule has 0 aromatic heterocycles. The zero-order valence-corrected chi connectivity index (χ0v) is 17.0. The van der Waals surface area contributed by atoms with E-state index in [0.717, 1.165) is 32.1 Å². The molecule has 2 fully saturated rings. The number of carbonyl (C=O) groups excluding carboxylic acids is 1. The summed E-state index contributed by atoms with van der Waals surface area (Å²) in [4.78, 5) is 15.0. The molecule has 0 aliphatic carbocycles. The van der Waals surface area contributed by atoms with Crippen LogP contribution in [0.15, 0.2) is 54.6 Å². The van der Waals surface area contributed by atoms with Crippen LogP contribution >= 0.6 is 0 Å². The van der Waals surface area contributed by atoms with Gasteiger partial charge in [0.15, 0.2) is 0 Å². The second kappa shape index (κ2) is 8.48. The number of nitrogens with zero attached hydrogens (tertiary/aromatic N) is 1. The Hall–Kier alpha value is -2.13. The summed E-state index contributed by atoms with van der Waals surface area (Å²) in [5, 5.41) is 0. The number of esters is 1. The Balaban J connectivity index is 1.43. The van der Waals surface area contributed by atoms with Gasteiger partial charge in [0.1, 0.15) is 0 Å². The third-order valence-electron chi connectivity index (χ3n) is 6.92. The number of methoxy groups -OCH3 is 1. The molecule has 148 valence electrons. The maximum atomic E-state index is 12.6. The van der Waals surface area contributed by atoms with E-state index < -0.39 is 0 Å². The van der Waals surface area contributed by atoms with Crippen LogP contribution in [0.3, 0.4) is 0 Å². The van der Waals surface area contributed by atoms with Crippen LogP contribution < -0.4 is 0 Å². The van der Waals surface area contributed by atoms with Crippen LogP contribution in [-0.4, -0.2) is 37.1 Å². The fourth-order valence-electron chi connectivity index (χ4n) is 5.34. The summed E-state index contributed by atoms with van der Waals surface area (Å²) in [6.45, 7) is 0. The number of fused-ring (bicyclic) bond motifs is 2. The van der Waals surface area contributed by atoms with Gasteiger partial charge in [-0.25, -0.2) is 0 Å². The second-order valence-electron chi connectivity index (χ2n) is 8.44. The third-order valence-corrected chi connectivity index (χ3v) is 6.92. The van der Waals surface area contributed by atoms with Crippen molar-refractivity contribution < 1.29 is 9.53 Å². The molecule has 2 saturated heterocycles. The minimum absolute atomic E-state index is 0.0438. The lowest BCUT2D eigenvalue weighted by atomic mass is 9.76. The van der Waals surface area contributed by atoms with Crippen LogP contribution in [0.5, 0.6) is 0 Å². The molecule has 0 spiro atoms. The highest BCUT2D eigenvalue weighted by atomic mass is 16.5. The van der Waals surface area contributed by atoms with E-state index in [9.17, 15) is 4.79 Å². The molecule has 4 rings (SSSR count). The van der Waals surface area contributed by atoms with Crippen LogP contribution in [0.2, 0.25) is 0 Å². The van der Waals surface area contributed by atoms with E-state index in [1.807, 2.05) is 0 Å². The molecule has 2 aliphatic heterocycles. The van der Waals surface area contributed by atoms with Gasteiger partial charge >= 0.3 is 5.97 Å². The zero-order chi connectivity index (χ0) is 19.5. The number of aryl methyl sites for hydroxylation is 2. The van der Waals surface area contributed by atoms with Gasteiger partial charge in [-0.3, -0.25) is 9.69 Å². The van der Waals surface area contributed by atoms with E-state index >= 15 is 0 Å². The summed E-state index contributed by atoms with van der Waals surface area (Å²) in [6.07, 6.45) is 6.73. The number of benzene rings is 2. The Morgan fingerprint density at radius 3 is 2.36 bits per heavy atom. The molecule has 3 nitrogen and oxygen atoms in total. The lowest BCUT2D eigenvalue weighted by Crippen LogP contribution is -2.49. The van der Waals surface area contributed by atoms with Crippen molar-refractivity contribution in [1.82, 2.24) is 4.90 Å². The number of rotatable bonds is 6. The molecular formula is C25H31NO2. The normalized spacial score (nSPS) is 26.9. The molecule has 28 heavy (non-hydrogen) atoms.